The molecule has 1 amide bonds. The number of anilines is 1. The largest absolute Gasteiger partial charge is 0.307 e. The van der Waals surface area contributed by atoms with Gasteiger partial charge in [-0.3, -0.25) is 9.48 Å². The molecule has 0 unspecified atom stereocenters. The van der Waals surface area contributed by atoms with E-state index in [1.807, 2.05) is 42.1 Å². The van der Waals surface area contributed by atoms with Gasteiger partial charge >= 0.3 is 0 Å². The molecule has 3 aromatic rings. The summed E-state index contributed by atoms with van der Waals surface area (Å²) in [4.78, 5) is 16.7. The van der Waals surface area contributed by atoms with E-state index in [4.69, 9.17) is 0 Å². The van der Waals surface area contributed by atoms with Crippen molar-refractivity contribution in [1.82, 2.24) is 9.78 Å². The number of amides is 1. The van der Waals surface area contributed by atoms with E-state index in [1.54, 1.807) is 22.7 Å². The summed E-state index contributed by atoms with van der Waals surface area (Å²) in [5.41, 5.74) is 1.98. The monoisotopic (exact) mass is 425 g/mol. The lowest BCUT2D eigenvalue weighted by atomic mass is 9.89. The summed E-state index contributed by atoms with van der Waals surface area (Å²) in [6.07, 6.45) is 8.08. The van der Waals surface area contributed by atoms with Crippen LogP contribution in [0.2, 0.25) is 0 Å². The average Bonchev–Trinajstić information content (AvgIpc) is 3.11. The van der Waals surface area contributed by atoms with Crippen LogP contribution in [0.1, 0.15) is 49.5 Å². The SMILES string of the molecule is CCN(C(=O)c1c2ccc(F)cc2nn1CC1CCCCC1)c1cccc(SC)c1. The highest BCUT2D eigenvalue weighted by atomic mass is 32.2. The first-order valence-corrected chi connectivity index (χ1v) is 11.9. The molecule has 4 nitrogen and oxygen atoms in total. The molecule has 0 N–H and O–H groups in total. The lowest BCUT2D eigenvalue weighted by Crippen LogP contribution is -2.33. The van der Waals surface area contributed by atoms with Crippen LogP contribution >= 0.6 is 11.8 Å². The second-order valence-corrected chi connectivity index (χ2v) is 8.83. The summed E-state index contributed by atoms with van der Waals surface area (Å²) in [6.45, 7) is 3.24. The first-order valence-electron chi connectivity index (χ1n) is 10.7. The molecule has 30 heavy (non-hydrogen) atoms. The summed E-state index contributed by atoms with van der Waals surface area (Å²) in [5, 5.41) is 5.38. The molecule has 158 valence electrons. The highest BCUT2D eigenvalue weighted by Crippen LogP contribution is 2.29. The highest BCUT2D eigenvalue weighted by Gasteiger charge is 2.26. The number of hydrogen-bond acceptors (Lipinski definition) is 3. The van der Waals surface area contributed by atoms with Gasteiger partial charge in [0.25, 0.3) is 5.91 Å². The predicted molar refractivity (Wildman–Crippen MR) is 122 cm³/mol. The van der Waals surface area contributed by atoms with Gasteiger partial charge in [0.05, 0.1) is 5.52 Å². The molecule has 0 atom stereocenters. The van der Waals surface area contributed by atoms with Crippen LogP contribution in [0.25, 0.3) is 10.9 Å². The Morgan fingerprint density at radius 3 is 2.73 bits per heavy atom. The van der Waals surface area contributed by atoms with Crippen LogP contribution in [-0.2, 0) is 6.54 Å². The Kier molecular flexibility index (Phi) is 6.42. The molecule has 0 aliphatic heterocycles. The number of halogens is 1. The maximum Gasteiger partial charge on any atom is 0.277 e. The molecule has 1 fully saturated rings. The number of benzene rings is 2. The molecule has 2 aromatic carbocycles. The van der Waals surface area contributed by atoms with E-state index >= 15 is 0 Å². The van der Waals surface area contributed by atoms with Crippen LogP contribution < -0.4 is 4.90 Å². The van der Waals surface area contributed by atoms with Crippen LogP contribution in [0.4, 0.5) is 10.1 Å². The topological polar surface area (TPSA) is 38.1 Å². The fraction of sp³-hybridized carbons (Fsp3) is 0.417. The van der Waals surface area contributed by atoms with Gasteiger partial charge in [0, 0.05) is 35.1 Å². The number of nitrogens with zero attached hydrogens (tertiary/aromatic N) is 3. The van der Waals surface area contributed by atoms with Crippen LogP contribution in [0.5, 0.6) is 0 Å². The third kappa shape index (κ3) is 4.24. The molecule has 6 heteroatoms. The van der Waals surface area contributed by atoms with Crippen molar-refractivity contribution < 1.29 is 9.18 Å². The maximum absolute atomic E-state index is 13.9. The minimum Gasteiger partial charge on any atom is -0.307 e. The van der Waals surface area contributed by atoms with Crippen molar-refractivity contribution in [3.8, 4) is 0 Å². The first-order chi connectivity index (χ1) is 14.6. The second kappa shape index (κ2) is 9.21. The first kappa shape index (κ1) is 20.9. The Morgan fingerprint density at radius 1 is 1.20 bits per heavy atom. The summed E-state index contributed by atoms with van der Waals surface area (Å²) in [7, 11) is 0. The standard InChI is InChI=1S/C24H28FN3OS/c1-3-27(19-10-7-11-20(15-19)30-2)24(29)23-21-13-12-18(25)14-22(21)26-28(23)16-17-8-5-4-6-9-17/h7,10-15,17H,3-6,8-9,16H2,1-2H3. The van der Waals surface area contributed by atoms with Crippen molar-refractivity contribution in [2.45, 2.75) is 50.5 Å². The highest BCUT2D eigenvalue weighted by molar-refractivity contribution is 7.98. The van der Waals surface area contributed by atoms with Crippen molar-refractivity contribution in [1.29, 1.82) is 0 Å². The van der Waals surface area contributed by atoms with Crippen molar-refractivity contribution in [2.24, 2.45) is 5.92 Å². The van der Waals surface area contributed by atoms with Crippen LogP contribution in [0.15, 0.2) is 47.4 Å². The number of fused-ring (bicyclic) bond motifs is 1. The fourth-order valence-electron chi connectivity index (χ4n) is 4.43. The lowest BCUT2D eigenvalue weighted by molar-refractivity contribution is 0.0977. The van der Waals surface area contributed by atoms with Crippen molar-refractivity contribution in [3.05, 3.63) is 54.0 Å². The van der Waals surface area contributed by atoms with Gasteiger partial charge in [-0.2, -0.15) is 5.10 Å². The molecular weight excluding hydrogens is 397 g/mol. The van der Waals surface area contributed by atoms with E-state index in [0.717, 1.165) is 28.8 Å². The van der Waals surface area contributed by atoms with Crippen molar-refractivity contribution >= 4 is 34.3 Å². The molecule has 1 aliphatic rings. The normalized spacial score (nSPS) is 14.9. The molecule has 0 bridgehead atoms. The Bertz CT molecular complexity index is 1040. The lowest BCUT2D eigenvalue weighted by Gasteiger charge is -2.25. The molecule has 1 aromatic heterocycles. The van der Waals surface area contributed by atoms with Crippen LogP contribution in [-0.4, -0.2) is 28.5 Å². The number of thioether (sulfide) groups is 1. The van der Waals surface area contributed by atoms with Crippen molar-refractivity contribution in [2.75, 3.05) is 17.7 Å². The van der Waals surface area contributed by atoms with Crippen LogP contribution in [0, 0.1) is 11.7 Å². The quantitative estimate of drug-likeness (QED) is 0.445. The van der Waals surface area contributed by atoms with E-state index in [-0.39, 0.29) is 11.7 Å². The minimum absolute atomic E-state index is 0.0827. The minimum atomic E-state index is -0.330. The fourth-order valence-corrected chi connectivity index (χ4v) is 4.88. The Morgan fingerprint density at radius 2 is 2.00 bits per heavy atom. The molecule has 0 radical (unpaired) electrons. The van der Waals surface area contributed by atoms with Crippen molar-refractivity contribution in [3.63, 3.8) is 0 Å². The Labute approximate surface area is 181 Å². The number of carbonyl (C=O) groups excluding carboxylic acids is 1. The van der Waals surface area contributed by atoms with Gasteiger partial charge in [-0.25, -0.2) is 4.39 Å². The zero-order valence-corrected chi connectivity index (χ0v) is 18.4. The van der Waals surface area contributed by atoms with E-state index in [0.29, 0.717) is 30.2 Å². The molecule has 1 aliphatic carbocycles. The molecule has 0 spiro atoms. The summed E-state index contributed by atoms with van der Waals surface area (Å²) in [6, 6.07) is 12.5. The van der Waals surface area contributed by atoms with Gasteiger partial charge in [-0.15, -0.1) is 11.8 Å². The van der Waals surface area contributed by atoms with Gasteiger partial charge in [0.2, 0.25) is 0 Å². The van der Waals surface area contributed by atoms with Gasteiger partial charge in [0.1, 0.15) is 11.5 Å². The number of carbonyl (C=O) groups is 1. The van der Waals surface area contributed by atoms with E-state index in [1.165, 1.54) is 31.4 Å². The molecule has 1 saturated carbocycles. The van der Waals surface area contributed by atoms with Gasteiger partial charge in [-0.1, -0.05) is 25.3 Å². The summed E-state index contributed by atoms with van der Waals surface area (Å²) >= 11 is 1.65. The molecular formula is C24H28FN3OS. The molecule has 1 heterocycles. The van der Waals surface area contributed by atoms with E-state index in [9.17, 15) is 9.18 Å². The van der Waals surface area contributed by atoms with E-state index in [2.05, 4.69) is 5.10 Å². The zero-order valence-electron chi connectivity index (χ0n) is 17.6. The number of hydrogen-bond donors (Lipinski definition) is 0. The molecule has 0 saturated heterocycles. The summed E-state index contributed by atoms with van der Waals surface area (Å²) < 4.78 is 15.7. The van der Waals surface area contributed by atoms with Crippen LogP contribution in [0.3, 0.4) is 0 Å². The second-order valence-electron chi connectivity index (χ2n) is 7.95. The van der Waals surface area contributed by atoms with Gasteiger partial charge in [0.15, 0.2) is 0 Å². The Balaban J connectivity index is 1.76. The smallest absolute Gasteiger partial charge is 0.277 e. The maximum atomic E-state index is 13.9. The number of rotatable bonds is 6. The molecule has 4 rings (SSSR count). The van der Waals surface area contributed by atoms with E-state index < -0.39 is 0 Å². The third-order valence-corrected chi connectivity index (χ3v) is 6.71. The van der Waals surface area contributed by atoms with Gasteiger partial charge in [-0.05, 0) is 62.3 Å². The van der Waals surface area contributed by atoms with Gasteiger partial charge < -0.3 is 4.90 Å². The Hall–Kier alpha value is -2.34. The average molecular weight is 426 g/mol. The number of aromatic nitrogens is 2. The summed E-state index contributed by atoms with van der Waals surface area (Å²) in [5.74, 6) is 0.101. The predicted octanol–water partition coefficient (Wildman–Crippen LogP) is 6.14. The zero-order chi connectivity index (χ0) is 21.1. The third-order valence-electron chi connectivity index (χ3n) is 5.99.